The zero-order chi connectivity index (χ0) is 29.4. The van der Waals surface area contributed by atoms with Gasteiger partial charge in [-0.05, 0) is 75.6 Å². The van der Waals surface area contributed by atoms with Gasteiger partial charge in [-0.25, -0.2) is 14.6 Å². The van der Waals surface area contributed by atoms with Crippen molar-refractivity contribution in [1.29, 1.82) is 5.26 Å². The highest BCUT2D eigenvalue weighted by Crippen LogP contribution is 2.39. The number of aromatic nitrogens is 6. The van der Waals surface area contributed by atoms with Gasteiger partial charge in [-0.3, -0.25) is 4.90 Å². The van der Waals surface area contributed by atoms with Crippen LogP contribution in [-0.2, 0) is 10.8 Å². The Bertz CT molecular complexity index is 1670. The average molecular weight is 542 g/mol. The molecule has 204 valence electrons. The predicted molar refractivity (Wildman–Crippen MR) is 159 cm³/mol. The molecule has 0 radical (unpaired) electrons. The first kappa shape index (κ1) is 27.3. The monoisotopic (exact) mass is 541 g/mol. The van der Waals surface area contributed by atoms with E-state index in [0.29, 0.717) is 34.8 Å². The Labute approximate surface area is 240 Å². The van der Waals surface area contributed by atoms with Gasteiger partial charge in [0.2, 0.25) is 0 Å². The van der Waals surface area contributed by atoms with E-state index < -0.39 is 0 Å². The Morgan fingerprint density at radius 3 is 1.76 bits per heavy atom. The fraction of sp³-hybridized carbons (Fsp3) is 0.250. The standard InChI is InChI=1S/C32H31N9/c1-31(2,3)22-18-23(32(4,5)6)20-25(19-22)41(29-12-8-10-27(35-29)39-16-14-24(21-33)37-39)30-13-9-11-28(36-30)40-17-15-26(34-7)38-40/h8-20H,1-6H3. The second kappa shape index (κ2) is 10.4. The third-order valence-corrected chi connectivity index (χ3v) is 6.67. The van der Waals surface area contributed by atoms with Crippen molar-refractivity contribution < 1.29 is 0 Å². The van der Waals surface area contributed by atoms with E-state index in [1.54, 1.807) is 33.9 Å². The maximum absolute atomic E-state index is 9.27. The van der Waals surface area contributed by atoms with Crippen molar-refractivity contribution in [2.24, 2.45) is 0 Å². The molecular formula is C32H31N9. The summed E-state index contributed by atoms with van der Waals surface area (Å²) >= 11 is 0. The lowest BCUT2D eigenvalue weighted by Gasteiger charge is -2.30. The molecule has 5 aromatic rings. The maximum Gasteiger partial charge on any atom is 0.295 e. The van der Waals surface area contributed by atoms with Crippen LogP contribution in [0.4, 0.5) is 23.1 Å². The first-order valence-electron chi connectivity index (χ1n) is 13.3. The van der Waals surface area contributed by atoms with Crippen molar-refractivity contribution in [3.63, 3.8) is 0 Å². The second-order valence-corrected chi connectivity index (χ2v) is 11.8. The number of nitriles is 1. The molecule has 5 rings (SSSR count). The first-order valence-corrected chi connectivity index (χ1v) is 13.3. The van der Waals surface area contributed by atoms with Gasteiger partial charge in [0.1, 0.15) is 17.7 Å². The topological polar surface area (TPSA) is 92.8 Å². The summed E-state index contributed by atoms with van der Waals surface area (Å²) in [7, 11) is 0. The molecule has 9 nitrogen and oxygen atoms in total. The van der Waals surface area contributed by atoms with E-state index in [9.17, 15) is 5.26 Å². The Balaban J connectivity index is 1.74. The molecule has 0 unspecified atom stereocenters. The molecule has 9 heteroatoms. The maximum atomic E-state index is 9.27. The average Bonchev–Trinajstić information content (AvgIpc) is 3.63. The van der Waals surface area contributed by atoms with E-state index in [1.807, 2.05) is 41.3 Å². The minimum absolute atomic E-state index is 0.0970. The smallest absolute Gasteiger partial charge is 0.295 e. The van der Waals surface area contributed by atoms with Crippen molar-refractivity contribution in [2.75, 3.05) is 4.90 Å². The normalized spacial score (nSPS) is 11.6. The molecule has 0 bridgehead atoms. The van der Waals surface area contributed by atoms with Crippen molar-refractivity contribution in [2.45, 2.75) is 52.4 Å². The number of hydrogen-bond donors (Lipinski definition) is 0. The van der Waals surface area contributed by atoms with Crippen LogP contribution in [0.5, 0.6) is 0 Å². The molecule has 4 aromatic heterocycles. The van der Waals surface area contributed by atoms with Gasteiger partial charge in [0.25, 0.3) is 5.82 Å². The summed E-state index contributed by atoms with van der Waals surface area (Å²) in [6.07, 6.45) is 3.45. The Morgan fingerprint density at radius 1 is 0.756 bits per heavy atom. The van der Waals surface area contributed by atoms with Crippen LogP contribution < -0.4 is 4.90 Å². The molecule has 0 saturated heterocycles. The van der Waals surface area contributed by atoms with Gasteiger partial charge in [0, 0.05) is 18.1 Å². The van der Waals surface area contributed by atoms with Crippen molar-refractivity contribution in [1.82, 2.24) is 29.5 Å². The number of rotatable bonds is 5. The molecule has 1 aromatic carbocycles. The lowest BCUT2D eigenvalue weighted by molar-refractivity contribution is 0.568. The quantitative estimate of drug-likeness (QED) is 0.216. The van der Waals surface area contributed by atoms with Crippen LogP contribution in [-0.4, -0.2) is 29.5 Å². The molecule has 4 heterocycles. The summed E-state index contributed by atoms with van der Waals surface area (Å²) in [5.41, 5.74) is 3.42. The lowest BCUT2D eigenvalue weighted by atomic mass is 9.80. The molecule has 0 spiro atoms. The van der Waals surface area contributed by atoms with E-state index in [2.05, 4.69) is 80.9 Å². The highest BCUT2D eigenvalue weighted by molar-refractivity contribution is 5.74. The Kier molecular flexibility index (Phi) is 6.90. The Hall–Kier alpha value is -5.28. The molecule has 0 fully saturated rings. The highest BCUT2D eigenvalue weighted by Gasteiger charge is 2.25. The van der Waals surface area contributed by atoms with Crippen LogP contribution in [0.25, 0.3) is 16.5 Å². The fourth-order valence-corrected chi connectivity index (χ4v) is 4.33. The van der Waals surface area contributed by atoms with Gasteiger partial charge < -0.3 is 4.85 Å². The van der Waals surface area contributed by atoms with Crippen LogP contribution >= 0.6 is 0 Å². The third-order valence-electron chi connectivity index (χ3n) is 6.67. The van der Waals surface area contributed by atoms with Gasteiger partial charge in [-0.15, -0.1) is 4.68 Å². The molecule has 0 saturated carbocycles. The molecule has 0 aliphatic carbocycles. The number of pyridine rings is 2. The molecule has 0 aliphatic rings. The largest absolute Gasteiger partial charge is 0.359 e. The molecule has 0 amide bonds. The first-order chi connectivity index (χ1) is 19.5. The Morgan fingerprint density at radius 2 is 1.29 bits per heavy atom. The van der Waals surface area contributed by atoms with Crippen molar-refractivity contribution in [3.05, 3.63) is 107 Å². The molecule has 0 aliphatic heterocycles. The van der Waals surface area contributed by atoms with Crippen molar-refractivity contribution >= 4 is 23.1 Å². The number of anilines is 3. The molecule has 0 atom stereocenters. The van der Waals surface area contributed by atoms with E-state index in [0.717, 1.165) is 5.69 Å². The van der Waals surface area contributed by atoms with Crippen molar-refractivity contribution in [3.8, 4) is 17.7 Å². The van der Waals surface area contributed by atoms with Crippen LogP contribution in [0.15, 0.2) is 79.1 Å². The molecule has 41 heavy (non-hydrogen) atoms. The van der Waals surface area contributed by atoms with Crippen LogP contribution in [0.3, 0.4) is 0 Å². The van der Waals surface area contributed by atoms with Gasteiger partial charge >= 0.3 is 0 Å². The fourth-order valence-electron chi connectivity index (χ4n) is 4.33. The van der Waals surface area contributed by atoms with Crippen LogP contribution in [0.2, 0.25) is 0 Å². The van der Waals surface area contributed by atoms with Gasteiger partial charge in [0.15, 0.2) is 17.3 Å². The minimum Gasteiger partial charge on any atom is -0.359 e. The highest BCUT2D eigenvalue weighted by atomic mass is 15.4. The van der Waals surface area contributed by atoms with E-state index >= 15 is 0 Å². The molecular weight excluding hydrogens is 510 g/mol. The lowest BCUT2D eigenvalue weighted by Crippen LogP contribution is -2.20. The zero-order valence-corrected chi connectivity index (χ0v) is 24.0. The SMILES string of the molecule is [C-]#[N+]c1ccn(-c2cccc(N(c3cc(C(C)(C)C)cc(C(C)(C)C)c3)c3cccc(-n4ccc(C#N)n4)n3)n2)n1. The van der Waals surface area contributed by atoms with E-state index in [1.165, 1.54) is 11.1 Å². The summed E-state index contributed by atoms with van der Waals surface area (Å²) < 4.78 is 3.18. The van der Waals surface area contributed by atoms with Gasteiger partial charge in [0.05, 0.1) is 0 Å². The molecule has 0 N–H and O–H groups in total. The van der Waals surface area contributed by atoms with Gasteiger partial charge in [-0.1, -0.05) is 66.3 Å². The summed E-state index contributed by atoms with van der Waals surface area (Å²) in [5.74, 6) is 2.71. The summed E-state index contributed by atoms with van der Waals surface area (Å²) in [4.78, 5) is 15.4. The number of benzene rings is 1. The zero-order valence-electron chi connectivity index (χ0n) is 24.0. The van der Waals surface area contributed by atoms with Crippen LogP contribution in [0, 0.1) is 17.9 Å². The van der Waals surface area contributed by atoms with E-state index in [-0.39, 0.29) is 10.8 Å². The van der Waals surface area contributed by atoms with Crippen LogP contribution in [0.1, 0.15) is 58.4 Å². The summed E-state index contributed by atoms with van der Waals surface area (Å²) in [6, 6.07) is 23.4. The predicted octanol–water partition coefficient (Wildman–Crippen LogP) is 7.34. The third kappa shape index (κ3) is 5.70. The summed E-state index contributed by atoms with van der Waals surface area (Å²) in [5, 5.41) is 17.9. The summed E-state index contributed by atoms with van der Waals surface area (Å²) in [6.45, 7) is 20.5. The minimum atomic E-state index is -0.0970. The second-order valence-electron chi connectivity index (χ2n) is 11.8. The van der Waals surface area contributed by atoms with E-state index in [4.69, 9.17) is 16.5 Å². The van der Waals surface area contributed by atoms with Gasteiger partial charge in [-0.2, -0.15) is 10.4 Å². The number of hydrogen-bond acceptors (Lipinski definition) is 6. The number of nitrogens with zero attached hydrogens (tertiary/aromatic N) is 9.